The first-order chi connectivity index (χ1) is 3.93. The second-order valence-electron chi connectivity index (χ2n) is 2.03. The minimum absolute atomic E-state index is 0.649. The molecule has 1 nitrogen and oxygen atoms in total. The number of rotatable bonds is 1. The van der Waals surface area contributed by atoms with E-state index in [9.17, 15) is 0 Å². The fourth-order valence-electron chi connectivity index (χ4n) is 0.897. The van der Waals surface area contributed by atoms with E-state index in [2.05, 4.69) is 5.82 Å². The Morgan fingerprint density at radius 2 is 2.38 bits per heavy atom. The zero-order valence-electron chi connectivity index (χ0n) is 5.22. The van der Waals surface area contributed by atoms with Gasteiger partial charge < -0.3 is 0 Å². The Balaban J connectivity index is 2.13. The van der Waals surface area contributed by atoms with Gasteiger partial charge in [-0.1, -0.05) is 0 Å². The summed E-state index contributed by atoms with van der Waals surface area (Å²) in [7, 11) is 0. The van der Waals surface area contributed by atoms with E-state index in [4.69, 9.17) is 4.74 Å². The van der Waals surface area contributed by atoms with E-state index < -0.39 is 0 Å². The van der Waals surface area contributed by atoms with Crippen LogP contribution in [0.1, 0.15) is 19.3 Å². The zero-order valence-corrected chi connectivity index (χ0v) is 6.94. The molecule has 1 aliphatic rings. The SMILES string of the molecule is C[Se]C1CCCCO1. The summed E-state index contributed by atoms with van der Waals surface area (Å²) in [6.07, 6.45) is 3.99. The van der Waals surface area contributed by atoms with Crippen LogP contribution in [0.2, 0.25) is 5.82 Å². The fraction of sp³-hybridized carbons (Fsp3) is 1.00. The van der Waals surface area contributed by atoms with Crippen LogP contribution < -0.4 is 0 Å². The van der Waals surface area contributed by atoms with Crippen LogP contribution in [0.5, 0.6) is 0 Å². The molecule has 0 saturated carbocycles. The van der Waals surface area contributed by atoms with Crippen molar-refractivity contribution in [1.82, 2.24) is 0 Å². The molecule has 1 unspecified atom stereocenters. The van der Waals surface area contributed by atoms with E-state index in [1.807, 2.05) is 0 Å². The van der Waals surface area contributed by atoms with Crippen molar-refractivity contribution in [3.63, 3.8) is 0 Å². The molecule has 0 N–H and O–H groups in total. The third-order valence-electron chi connectivity index (χ3n) is 1.40. The molecule has 1 atom stereocenters. The quantitative estimate of drug-likeness (QED) is 0.551. The second-order valence-corrected chi connectivity index (χ2v) is 4.12. The first-order valence-electron chi connectivity index (χ1n) is 3.08. The Kier molecular flexibility index (Phi) is 2.88. The normalized spacial score (nSPS) is 30.4. The Morgan fingerprint density at radius 1 is 1.50 bits per heavy atom. The summed E-state index contributed by atoms with van der Waals surface area (Å²) in [5.41, 5.74) is 0. The molecule has 1 aliphatic heterocycles. The Hall–Kier alpha value is 0.479. The van der Waals surface area contributed by atoms with Crippen molar-refractivity contribution in [1.29, 1.82) is 0 Å². The van der Waals surface area contributed by atoms with Crippen molar-refractivity contribution in [2.24, 2.45) is 0 Å². The van der Waals surface area contributed by atoms with Gasteiger partial charge in [-0.15, -0.1) is 0 Å². The summed E-state index contributed by atoms with van der Waals surface area (Å²) in [6, 6.07) is 0. The molecule has 0 amide bonds. The molecule has 48 valence electrons. The van der Waals surface area contributed by atoms with E-state index in [1.54, 1.807) is 0 Å². The van der Waals surface area contributed by atoms with Crippen LogP contribution in [0, 0.1) is 0 Å². The van der Waals surface area contributed by atoms with Crippen molar-refractivity contribution < 1.29 is 4.74 Å². The van der Waals surface area contributed by atoms with Gasteiger partial charge in [-0.3, -0.25) is 0 Å². The van der Waals surface area contributed by atoms with Gasteiger partial charge in [0.15, 0.2) is 0 Å². The summed E-state index contributed by atoms with van der Waals surface area (Å²) >= 11 is 0.723. The number of hydrogen-bond donors (Lipinski definition) is 0. The van der Waals surface area contributed by atoms with E-state index in [1.165, 1.54) is 19.3 Å². The summed E-state index contributed by atoms with van der Waals surface area (Å²) in [5, 5.41) is 0.649. The first-order valence-corrected chi connectivity index (χ1v) is 5.78. The summed E-state index contributed by atoms with van der Waals surface area (Å²) in [6.45, 7) is 1.01. The molecule has 8 heavy (non-hydrogen) atoms. The predicted octanol–water partition coefficient (Wildman–Crippen LogP) is 1.27. The van der Waals surface area contributed by atoms with Gasteiger partial charge in [0, 0.05) is 0 Å². The van der Waals surface area contributed by atoms with Crippen LogP contribution in [0.4, 0.5) is 0 Å². The predicted molar refractivity (Wildman–Crippen MR) is 35.2 cm³/mol. The van der Waals surface area contributed by atoms with Crippen molar-refractivity contribution in [2.45, 2.75) is 30.1 Å². The maximum atomic E-state index is 5.45. The van der Waals surface area contributed by atoms with Crippen LogP contribution in [-0.2, 0) is 4.74 Å². The molecule has 0 aromatic rings. The van der Waals surface area contributed by atoms with Gasteiger partial charge >= 0.3 is 56.4 Å². The van der Waals surface area contributed by atoms with Crippen molar-refractivity contribution in [3.8, 4) is 0 Å². The summed E-state index contributed by atoms with van der Waals surface area (Å²) in [5.74, 6) is 2.25. The molecule has 1 fully saturated rings. The molecular formula is C6H12OSe. The fourth-order valence-corrected chi connectivity index (χ4v) is 2.23. The van der Waals surface area contributed by atoms with Crippen LogP contribution in [0.15, 0.2) is 0 Å². The standard InChI is InChI=1S/C6H12OSe/c1-8-6-4-2-3-5-7-6/h6H,2-5H2,1H3. The van der Waals surface area contributed by atoms with Gasteiger partial charge in [0.05, 0.1) is 0 Å². The van der Waals surface area contributed by atoms with Crippen molar-refractivity contribution >= 4 is 15.0 Å². The van der Waals surface area contributed by atoms with Gasteiger partial charge in [-0.05, 0) is 0 Å². The summed E-state index contributed by atoms with van der Waals surface area (Å²) < 4.78 is 5.45. The van der Waals surface area contributed by atoms with E-state index in [0.717, 1.165) is 21.6 Å². The molecule has 1 heterocycles. The Morgan fingerprint density at radius 3 is 2.75 bits per heavy atom. The first kappa shape index (κ1) is 6.60. The van der Waals surface area contributed by atoms with Gasteiger partial charge in [0.1, 0.15) is 0 Å². The molecule has 1 rings (SSSR count). The molecule has 2 heteroatoms. The summed E-state index contributed by atoms with van der Waals surface area (Å²) in [4.78, 5) is 0. The third kappa shape index (κ3) is 1.77. The van der Waals surface area contributed by atoms with Crippen LogP contribution >= 0.6 is 0 Å². The third-order valence-corrected chi connectivity index (χ3v) is 3.28. The van der Waals surface area contributed by atoms with Crippen molar-refractivity contribution in [3.05, 3.63) is 0 Å². The van der Waals surface area contributed by atoms with E-state index in [-0.39, 0.29) is 0 Å². The van der Waals surface area contributed by atoms with Gasteiger partial charge in [0.25, 0.3) is 0 Å². The van der Waals surface area contributed by atoms with Crippen LogP contribution in [0.25, 0.3) is 0 Å². The molecular weight excluding hydrogens is 167 g/mol. The topological polar surface area (TPSA) is 9.23 Å². The van der Waals surface area contributed by atoms with Gasteiger partial charge in [-0.2, -0.15) is 0 Å². The molecule has 0 radical (unpaired) electrons. The molecule has 0 bridgehead atoms. The average Bonchev–Trinajstić information content (AvgIpc) is 1.90. The Labute approximate surface area is 57.0 Å². The molecule has 1 saturated heterocycles. The number of hydrogen-bond acceptors (Lipinski definition) is 1. The average molecular weight is 179 g/mol. The Bertz CT molecular complexity index is 59.5. The molecule has 0 spiro atoms. The van der Waals surface area contributed by atoms with Crippen LogP contribution in [-0.4, -0.2) is 26.6 Å². The van der Waals surface area contributed by atoms with Crippen LogP contribution in [0.3, 0.4) is 0 Å². The zero-order chi connectivity index (χ0) is 5.82. The number of ether oxygens (including phenoxy) is 1. The second kappa shape index (κ2) is 3.49. The van der Waals surface area contributed by atoms with Gasteiger partial charge in [0.2, 0.25) is 0 Å². The monoisotopic (exact) mass is 180 g/mol. The van der Waals surface area contributed by atoms with E-state index >= 15 is 0 Å². The minimum atomic E-state index is 0.649. The maximum absolute atomic E-state index is 5.45. The van der Waals surface area contributed by atoms with E-state index in [0.29, 0.717) is 5.00 Å². The molecule has 0 aliphatic carbocycles. The van der Waals surface area contributed by atoms with Gasteiger partial charge in [-0.25, -0.2) is 0 Å². The molecule has 0 aromatic heterocycles. The van der Waals surface area contributed by atoms with Crippen molar-refractivity contribution in [2.75, 3.05) is 6.61 Å². The molecule has 0 aromatic carbocycles.